The predicted octanol–water partition coefficient (Wildman–Crippen LogP) is 5.99. The minimum atomic E-state index is 0.0596. The van der Waals surface area contributed by atoms with Crippen molar-refractivity contribution in [1.29, 1.82) is 0 Å². The minimum absolute atomic E-state index is 0.0596. The molecular weight excluding hydrogens is 496 g/mol. The average molecular weight is 529 g/mol. The molecule has 3 aromatic carbocycles. The van der Waals surface area contributed by atoms with Crippen LogP contribution in [0.2, 0.25) is 5.02 Å². The maximum absolute atomic E-state index is 13.3. The number of ether oxygens (including phenoxy) is 1. The number of piperazine rings is 1. The van der Waals surface area contributed by atoms with Gasteiger partial charge in [-0.25, -0.2) is 4.68 Å². The van der Waals surface area contributed by atoms with Crippen LogP contribution in [0.4, 0.5) is 0 Å². The maximum Gasteiger partial charge on any atom is 0.253 e. The highest BCUT2D eigenvalue weighted by Gasteiger charge is 2.24. The number of carbonyl (C=O) groups excluding carboxylic acids is 1. The normalized spacial score (nSPS) is 14.1. The van der Waals surface area contributed by atoms with Gasteiger partial charge >= 0.3 is 0 Å². The summed E-state index contributed by atoms with van der Waals surface area (Å²) < 4.78 is 7.96. The van der Waals surface area contributed by atoms with Gasteiger partial charge in [0.1, 0.15) is 12.4 Å². The molecule has 7 heteroatoms. The second-order valence-electron chi connectivity index (χ2n) is 9.89. The molecule has 0 N–H and O–H groups in total. The second kappa shape index (κ2) is 11.4. The number of carbonyl (C=O) groups is 1. The third-order valence-corrected chi connectivity index (χ3v) is 7.45. The van der Waals surface area contributed by atoms with E-state index in [1.54, 1.807) is 0 Å². The van der Waals surface area contributed by atoms with E-state index in [1.165, 1.54) is 5.56 Å². The van der Waals surface area contributed by atoms with Crippen molar-refractivity contribution < 1.29 is 9.53 Å². The van der Waals surface area contributed by atoms with Crippen molar-refractivity contribution in [2.24, 2.45) is 0 Å². The predicted molar refractivity (Wildman–Crippen MR) is 151 cm³/mol. The molecule has 0 atom stereocenters. The third-order valence-electron chi connectivity index (χ3n) is 7.14. The number of benzene rings is 3. The second-order valence-corrected chi connectivity index (χ2v) is 10.3. The first-order valence-corrected chi connectivity index (χ1v) is 13.4. The summed E-state index contributed by atoms with van der Waals surface area (Å²) in [5.41, 5.74) is 7.26. The number of hydrogen-bond donors (Lipinski definition) is 0. The van der Waals surface area contributed by atoms with Crippen LogP contribution in [0.1, 0.15) is 38.4 Å². The van der Waals surface area contributed by atoms with Crippen LogP contribution in [0, 0.1) is 20.8 Å². The molecule has 2 heterocycles. The molecule has 6 nitrogen and oxygen atoms in total. The van der Waals surface area contributed by atoms with Crippen LogP contribution in [0.5, 0.6) is 5.75 Å². The van der Waals surface area contributed by atoms with Crippen molar-refractivity contribution in [3.63, 3.8) is 0 Å². The van der Waals surface area contributed by atoms with E-state index in [2.05, 4.69) is 30.9 Å². The quantitative estimate of drug-likeness (QED) is 0.296. The topological polar surface area (TPSA) is 50.6 Å². The first-order valence-electron chi connectivity index (χ1n) is 13.0. The molecule has 1 fully saturated rings. The summed E-state index contributed by atoms with van der Waals surface area (Å²) in [5, 5.41) is 5.37. The van der Waals surface area contributed by atoms with E-state index in [0.717, 1.165) is 47.8 Å². The zero-order chi connectivity index (χ0) is 26.6. The molecule has 1 amide bonds. The average Bonchev–Trinajstić information content (AvgIpc) is 3.22. The minimum Gasteiger partial charge on any atom is -0.487 e. The van der Waals surface area contributed by atoms with E-state index in [4.69, 9.17) is 21.4 Å². The fourth-order valence-corrected chi connectivity index (χ4v) is 5.09. The summed E-state index contributed by atoms with van der Waals surface area (Å²) in [6.45, 7) is 10.5. The fourth-order valence-electron chi connectivity index (χ4n) is 4.92. The Morgan fingerprint density at radius 1 is 0.921 bits per heavy atom. The van der Waals surface area contributed by atoms with Gasteiger partial charge in [-0.1, -0.05) is 48.0 Å². The summed E-state index contributed by atoms with van der Waals surface area (Å²) in [4.78, 5) is 17.6. The zero-order valence-corrected chi connectivity index (χ0v) is 22.9. The molecule has 1 aliphatic heterocycles. The fraction of sp³-hybridized carbons (Fsp3) is 0.290. The Morgan fingerprint density at radius 3 is 2.45 bits per heavy atom. The lowest BCUT2D eigenvalue weighted by atomic mass is 10.1. The number of amides is 1. The van der Waals surface area contributed by atoms with Crippen LogP contribution < -0.4 is 4.74 Å². The Bertz CT molecular complexity index is 1430. The Morgan fingerprint density at radius 2 is 1.68 bits per heavy atom. The number of rotatable bonds is 7. The lowest BCUT2D eigenvalue weighted by Crippen LogP contribution is -2.48. The van der Waals surface area contributed by atoms with Crippen LogP contribution >= 0.6 is 11.6 Å². The van der Waals surface area contributed by atoms with Crippen molar-refractivity contribution >= 4 is 17.5 Å². The molecule has 0 aliphatic carbocycles. The van der Waals surface area contributed by atoms with Gasteiger partial charge in [0.25, 0.3) is 5.91 Å². The summed E-state index contributed by atoms with van der Waals surface area (Å²) in [6.07, 6.45) is 0. The van der Waals surface area contributed by atoms with Crippen LogP contribution in [-0.2, 0) is 13.2 Å². The van der Waals surface area contributed by atoms with Crippen LogP contribution in [-0.4, -0.2) is 51.7 Å². The molecule has 4 aromatic rings. The first-order chi connectivity index (χ1) is 18.4. The highest BCUT2D eigenvalue weighted by Crippen LogP contribution is 2.26. The number of aromatic nitrogens is 2. The van der Waals surface area contributed by atoms with Gasteiger partial charge in [0, 0.05) is 49.5 Å². The molecule has 1 aromatic heterocycles. The lowest BCUT2D eigenvalue weighted by Gasteiger charge is -2.35. The summed E-state index contributed by atoms with van der Waals surface area (Å²) in [5.74, 6) is 0.712. The number of aryl methyl sites for hydroxylation is 2. The van der Waals surface area contributed by atoms with Crippen LogP contribution in [0.25, 0.3) is 5.69 Å². The molecule has 38 heavy (non-hydrogen) atoms. The van der Waals surface area contributed by atoms with Crippen molar-refractivity contribution in [3.8, 4) is 11.4 Å². The summed E-state index contributed by atoms with van der Waals surface area (Å²) in [7, 11) is 0. The first kappa shape index (κ1) is 26.0. The molecule has 1 saturated heterocycles. The summed E-state index contributed by atoms with van der Waals surface area (Å²) >= 11 is 6.26. The monoisotopic (exact) mass is 528 g/mol. The van der Waals surface area contributed by atoms with Gasteiger partial charge in [-0.3, -0.25) is 9.69 Å². The van der Waals surface area contributed by atoms with Gasteiger partial charge < -0.3 is 9.64 Å². The smallest absolute Gasteiger partial charge is 0.253 e. The van der Waals surface area contributed by atoms with Crippen LogP contribution in [0.15, 0.2) is 72.8 Å². The highest BCUT2D eigenvalue weighted by atomic mass is 35.5. The van der Waals surface area contributed by atoms with Gasteiger partial charge in [-0.2, -0.15) is 5.10 Å². The molecule has 1 aliphatic rings. The van der Waals surface area contributed by atoms with E-state index in [9.17, 15) is 4.79 Å². The SMILES string of the molecule is Cc1ccc(Cl)c(OCc2cccc(C(=O)N3CCN(Cc4c(C)nn(-c5ccccc5)c4C)CC3)c2)c1. The van der Waals surface area contributed by atoms with E-state index < -0.39 is 0 Å². The zero-order valence-electron chi connectivity index (χ0n) is 22.2. The molecule has 0 spiro atoms. The Hall–Kier alpha value is -3.61. The number of halogens is 1. The Labute approximate surface area is 229 Å². The Kier molecular flexibility index (Phi) is 7.82. The van der Waals surface area contributed by atoms with Gasteiger partial charge in [0.2, 0.25) is 0 Å². The van der Waals surface area contributed by atoms with E-state index >= 15 is 0 Å². The van der Waals surface area contributed by atoms with Gasteiger partial charge in [-0.05, 0) is 68.3 Å². The molecule has 0 bridgehead atoms. The standard InChI is InChI=1S/C31H33ClN4O2/c1-22-12-13-29(32)30(18-22)38-21-25-8-7-9-26(19-25)31(37)35-16-14-34(15-17-35)20-28-23(2)33-36(24(28)3)27-10-5-4-6-11-27/h4-13,18-19H,14-17,20-21H2,1-3H3. The lowest BCUT2D eigenvalue weighted by molar-refractivity contribution is 0.0627. The van der Waals surface area contributed by atoms with Gasteiger partial charge in [-0.15, -0.1) is 0 Å². The maximum atomic E-state index is 13.3. The largest absolute Gasteiger partial charge is 0.487 e. The number of nitrogens with zero attached hydrogens (tertiary/aromatic N) is 4. The highest BCUT2D eigenvalue weighted by molar-refractivity contribution is 6.32. The van der Waals surface area contributed by atoms with E-state index in [1.807, 2.05) is 77.2 Å². The van der Waals surface area contributed by atoms with Crippen molar-refractivity contribution in [2.45, 2.75) is 33.9 Å². The molecule has 0 unspecified atom stereocenters. The number of hydrogen-bond acceptors (Lipinski definition) is 4. The van der Waals surface area contributed by atoms with E-state index in [-0.39, 0.29) is 5.91 Å². The van der Waals surface area contributed by atoms with Gasteiger partial charge in [0.05, 0.1) is 16.4 Å². The van der Waals surface area contributed by atoms with E-state index in [0.29, 0.717) is 36.0 Å². The number of para-hydroxylation sites is 1. The summed E-state index contributed by atoms with van der Waals surface area (Å²) in [6, 6.07) is 23.6. The molecule has 0 radical (unpaired) electrons. The Balaban J connectivity index is 1.18. The van der Waals surface area contributed by atoms with Crippen molar-refractivity contribution in [2.75, 3.05) is 26.2 Å². The third kappa shape index (κ3) is 5.77. The van der Waals surface area contributed by atoms with Crippen molar-refractivity contribution in [1.82, 2.24) is 19.6 Å². The molecule has 196 valence electrons. The van der Waals surface area contributed by atoms with Crippen LogP contribution in [0.3, 0.4) is 0 Å². The van der Waals surface area contributed by atoms with Gasteiger partial charge in [0.15, 0.2) is 0 Å². The van der Waals surface area contributed by atoms with Crippen molar-refractivity contribution in [3.05, 3.63) is 111 Å². The molecule has 5 rings (SSSR count). The molecular formula is C31H33ClN4O2. The molecule has 0 saturated carbocycles.